The molecule has 1 aliphatic rings. The predicted molar refractivity (Wildman–Crippen MR) is 119 cm³/mol. The summed E-state index contributed by atoms with van der Waals surface area (Å²) in [6.07, 6.45) is 11.7. The van der Waals surface area contributed by atoms with E-state index in [0.29, 0.717) is 6.42 Å². The molecule has 0 aromatic heterocycles. The summed E-state index contributed by atoms with van der Waals surface area (Å²) >= 11 is 0. The third-order valence-electron chi connectivity index (χ3n) is 5.43. The van der Waals surface area contributed by atoms with E-state index in [1.54, 1.807) is 0 Å². The summed E-state index contributed by atoms with van der Waals surface area (Å²) in [7, 11) is 2.90. The van der Waals surface area contributed by atoms with Gasteiger partial charge in [-0.2, -0.15) is 0 Å². The average Bonchev–Trinajstić information content (AvgIpc) is 2.63. The third-order valence-corrected chi connectivity index (χ3v) is 5.43. The number of hydrogen-bond acceptors (Lipinski definition) is 4. The Hall–Kier alpha value is -1.81. The van der Waals surface area contributed by atoms with Crippen molar-refractivity contribution >= 4 is 5.78 Å². The van der Waals surface area contributed by atoms with Crippen molar-refractivity contribution in [2.24, 2.45) is 17.3 Å². The number of methoxy groups -OCH3 is 2. The molecular weight excluding hydrogens is 364 g/mol. The van der Waals surface area contributed by atoms with E-state index in [-0.39, 0.29) is 34.6 Å². The van der Waals surface area contributed by atoms with Gasteiger partial charge in [0.25, 0.3) is 0 Å². The molecule has 0 heterocycles. The fourth-order valence-electron chi connectivity index (χ4n) is 3.54. The summed E-state index contributed by atoms with van der Waals surface area (Å²) in [6, 6.07) is 0. The van der Waals surface area contributed by atoms with Gasteiger partial charge >= 0.3 is 0 Å². The molecule has 29 heavy (non-hydrogen) atoms. The summed E-state index contributed by atoms with van der Waals surface area (Å²) in [5.41, 5.74) is 2.87. The largest absolute Gasteiger partial charge is 0.494 e. The van der Waals surface area contributed by atoms with E-state index in [2.05, 4.69) is 58.9 Å². The summed E-state index contributed by atoms with van der Waals surface area (Å²) < 4.78 is 10.4. The van der Waals surface area contributed by atoms with Crippen molar-refractivity contribution in [2.75, 3.05) is 14.2 Å². The van der Waals surface area contributed by atoms with Crippen molar-refractivity contribution in [1.82, 2.24) is 0 Å². The zero-order valence-electron chi connectivity index (χ0n) is 19.5. The van der Waals surface area contributed by atoms with E-state index >= 15 is 0 Å². The number of aliphatic hydroxyl groups is 1. The molecule has 1 N–H and O–H groups in total. The second kappa shape index (κ2) is 11.4. The summed E-state index contributed by atoms with van der Waals surface area (Å²) in [5, 5.41) is 10.7. The molecule has 4 nitrogen and oxygen atoms in total. The highest BCUT2D eigenvalue weighted by Crippen LogP contribution is 2.35. The minimum absolute atomic E-state index is 0.104. The predicted octanol–water partition coefficient (Wildman–Crippen LogP) is 5.74. The zero-order valence-corrected chi connectivity index (χ0v) is 19.5. The summed E-state index contributed by atoms with van der Waals surface area (Å²) in [5.74, 6) is -0.225. The molecule has 0 unspecified atom stereocenters. The quantitative estimate of drug-likeness (QED) is 0.498. The number of rotatable bonds is 9. The van der Waals surface area contributed by atoms with Gasteiger partial charge in [-0.25, -0.2) is 0 Å². The first-order valence-electron chi connectivity index (χ1n) is 10.5. The molecule has 0 radical (unpaired) electrons. The van der Waals surface area contributed by atoms with Crippen molar-refractivity contribution < 1.29 is 19.4 Å². The number of aliphatic hydroxyl groups excluding tert-OH is 1. The molecule has 0 bridgehead atoms. The van der Waals surface area contributed by atoms with Gasteiger partial charge in [-0.1, -0.05) is 63.1 Å². The molecule has 0 aromatic rings. The maximum atomic E-state index is 12.5. The molecule has 0 spiro atoms. The minimum atomic E-state index is -0.830. The van der Waals surface area contributed by atoms with Crippen molar-refractivity contribution in [3.8, 4) is 0 Å². The monoisotopic (exact) mass is 404 g/mol. The lowest BCUT2D eigenvalue weighted by Crippen LogP contribution is -2.40. The summed E-state index contributed by atoms with van der Waals surface area (Å²) in [4.78, 5) is 12.5. The van der Waals surface area contributed by atoms with Crippen molar-refractivity contribution in [1.29, 1.82) is 0 Å². The van der Waals surface area contributed by atoms with E-state index in [4.69, 9.17) is 9.47 Å². The van der Waals surface area contributed by atoms with Gasteiger partial charge in [-0.05, 0) is 44.9 Å². The van der Waals surface area contributed by atoms with Crippen LogP contribution in [0.1, 0.15) is 67.2 Å². The van der Waals surface area contributed by atoms with Gasteiger partial charge in [0.2, 0.25) is 11.5 Å². The van der Waals surface area contributed by atoms with Crippen LogP contribution in [-0.4, -0.2) is 31.2 Å². The van der Waals surface area contributed by atoms with Gasteiger partial charge in [0.05, 0.1) is 14.2 Å². The Kier molecular flexibility index (Phi) is 9.91. The molecule has 0 saturated heterocycles. The van der Waals surface area contributed by atoms with Crippen LogP contribution in [0.4, 0.5) is 0 Å². The van der Waals surface area contributed by atoms with Gasteiger partial charge in [-0.15, -0.1) is 0 Å². The molecule has 0 saturated carbocycles. The van der Waals surface area contributed by atoms with E-state index < -0.39 is 6.10 Å². The van der Waals surface area contributed by atoms with Crippen LogP contribution in [0.15, 0.2) is 47.0 Å². The van der Waals surface area contributed by atoms with Crippen molar-refractivity contribution in [2.45, 2.75) is 73.3 Å². The lowest BCUT2D eigenvalue weighted by Gasteiger charge is -2.33. The van der Waals surface area contributed by atoms with Crippen LogP contribution in [0.3, 0.4) is 0 Å². The van der Waals surface area contributed by atoms with E-state index in [0.717, 1.165) is 19.3 Å². The molecule has 0 fully saturated rings. The molecule has 0 aromatic carbocycles. The number of carbonyl (C=O) groups is 1. The van der Waals surface area contributed by atoms with E-state index in [1.807, 2.05) is 6.92 Å². The number of allylic oxidation sites excluding steroid dienone is 7. The molecule has 164 valence electrons. The average molecular weight is 405 g/mol. The fraction of sp³-hybridized carbons (Fsp3) is 0.640. The van der Waals surface area contributed by atoms with Gasteiger partial charge in [0.15, 0.2) is 5.76 Å². The van der Waals surface area contributed by atoms with Gasteiger partial charge < -0.3 is 14.6 Å². The topological polar surface area (TPSA) is 55.8 Å². The van der Waals surface area contributed by atoms with Crippen LogP contribution in [0.5, 0.6) is 0 Å². The highest BCUT2D eigenvalue weighted by molar-refractivity contribution is 5.97. The number of ketones is 1. The first-order chi connectivity index (χ1) is 13.5. The second-order valence-corrected chi connectivity index (χ2v) is 9.21. The normalized spacial score (nSPS) is 24.4. The standard InChI is InChI=1S/C25H40O4/c1-17(13-10-16-25(4,5)6)11-9-12-18(2)14-15-20-19(3)21(26)23(28-7)24(29-8)22(20)27/h10-11,14,16,19-20,22,27H,9,12-13,15H2,1-8H3/b16-10+,17-11+,18-14+/t19-,20-,22-/m1/s1. The molecular formula is C25H40O4. The maximum Gasteiger partial charge on any atom is 0.204 e. The molecule has 0 aliphatic heterocycles. The third kappa shape index (κ3) is 7.85. The Labute approximate surface area is 177 Å². The van der Waals surface area contributed by atoms with Crippen molar-refractivity contribution in [3.05, 3.63) is 47.0 Å². The minimum Gasteiger partial charge on any atom is -0.494 e. The lowest BCUT2D eigenvalue weighted by molar-refractivity contribution is -0.128. The molecule has 1 aliphatic carbocycles. The van der Waals surface area contributed by atoms with Crippen LogP contribution >= 0.6 is 0 Å². The Morgan fingerprint density at radius 3 is 2.31 bits per heavy atom. The maximum absolute atomic E-state index is 12.5. The van der Waals surface area contributed by atoms with Crippen LogP contribution in [0.2, 0.25) is 0 Å². The van der Waals surface area contributed by atoms with Crippen LogP contribution < -0.4 is 0 Å². The van der Waals surface area contributed by atoms with Gasteiger partial charge in [-0.3, -0.25) is 4.79 Å². The Balaban J connectivity index is 2.64. The lowest BCUT2D eigenvalue weighted by atomic mass is 9.77. The van der Waals surface area contributed by atoms with Gasteiger partial charge in [0, 0.05) is 11.8 Å². The zero-order chi connectivity index (χ0) is 22.2. The molecule has 3 atom stereocenters. The highest BCUT2D eigenvalue weighted by Gasteiger charge is 2.42. The van der Waals surface area contributed by atoms with Crippen LogP contribution in [0.25, 0.3) is 0 Å². The van der Waals surface area contributed by atoms with Crippen LogP contribution in [0, 0.1) is 17.3 Å². The van der Waals surface area contributed by atoms with E-state index in [9.17, 15) is 9.90 Å². The fourth-order valence-corrected chi connectivity index (χ4v) is 3.54. The first kappa shape index (κ1) is 25.2. The molecule has 0 amide bonds. The number of carbonyl (C=O) groups excluding carboxylic acids is 1. The Morgan fingerprint density at radius 2 is 1.76 bits per heavy atom. The highest BCUT2D eigenvalue weighted by atomic mass is 16.5. The summed E-state index contributed by atoms with van der Waals surface area (Å²) in [6.45, 7) is 12.7. The van der Waals surface area contributed by atoms with Crippen molar-refractivity contribution in [3.63, 3.8) is 0 Å². The second-order valence-electron chi connectivity index (χ2n) is 9.21. The molecule has 1 rings (SSSR count). The van der Waals surface area contributed by atoms with Crippen LogP contribution in [-0.2, 0) is 14.3 Å². The van der Waals surface area contributed by atoms with Gasteiger partial charge in [0.1, 0.15) is 6.10 Å². The SMILES string of the molecule is COC1=C(OC)[C@H](O)[C@H](C/C=C(\C)CC/C=C(\C)C/C=C/C(C)(C)C)[C@@H](C)C1=O. The molecule has 4 heteroatoms. The number of Topliss-reactive ketones (excluding diaryl/α,β-unsaturated/α-hetero) is 1. The number of hydrogen-bond donors (Lipinski definition) is 1. The number of ether oxygens (including phenoxy) is 2. The smallest absolute Gasteiger partial charge is 0.204 e. The Bertz CT molecular complexity index is 673. The Morgan fingerprint density at radius 1 is 1.10 bits per heavy atom. The first-order valence-corrected chi connectivity index (χ1v) is 10.5. The van der Waals surface area contributed by atoms with E-state index in [1.165, 1.54) is 25.4 Å².